The van der Waals surface area contributed by atoms with Crippen molar-refractivity contribution in [3.8, 4) is 0 Å². The average molecular weight is 457 g/mol. The summed E-state index contributed by atoms with van der Waals surface area (Å²) in [6, 6.07) is 5.57. The zero-order valence-corrected chi connectivity index (χ0v) is 18.2. The minimum atomic E-state index is -0.993. The fourth-order valence-electron chi connectivity index (χ4n) is 2.75. The fourth-order valence-corrected chi connectivity index (χ4v) is 5.10. The molecular weight excluding hydrogens is 439 g/mol. The first kappa shape index (κ1) is 21.0. The first-order chi connectivity index (χ1) is 13.4. The highest BCUT2D eigenvalue weighted by molar-refractivity contribution is 7.18. The average Bonchev–Trinajstić information content (AvgIpc) is 3.28. The van der Waals surface area contributed by atoms with E-state index in [4.69, 9.17) is 28.3 Å². The summed E-state index contributed by atoms with van der Waals surface area (Å²) in [6.45, 7) is 2.36. The van der Waals surface area contributed by atoms with Crippen LogP contribution in [0.1, 0.15) is 36.8 Å². The molecule has 0 bridgehead atoms. The summed E-state index contributed by atoms with van der Waals surface area (Å²) in [7, 11) is 0. The van der Waals surface area contributed by atoms with Gasteiger partial charge in [-0.05, 0) is 35.6 Å². The molecule has 1 amide bonds. The molecular formula is C19H18Cl2N2O3S2. The Kier molecular flexibility index (Phi) is 6.93. The van der Waals surface area contributed by atoms with Crippen molar-refractivity contribution in [2.45, 2.75) is 39.2 Å². The van der Waals surface area contributed by atoms with Crippen LogP contribution in [0, 0.1) is 0 Å². The fraction of sp³-hybridized carbons (Fsp3) is 0.316. The van der Waals surface area contributed by atoms with Crippen molar-refractivity contribution in [1.29, 1.82) is 0 Å². The summed E-state index contributed by atoms with van der Waals surface area (Å²) in [5.74, 6) is -1.23. The van der Waals surface area contributed by atoms with E-state index < -0.39 is 5.97 Å². The van der Waals surface area contributed by atoms with E-state index in [2.05, 4.69) is 11.9 Å². The van der Waals surface area contributed by atoms with E-state index in [0.717, 1.165) is 28.1 Å². The number of hydrogen-bond acceptors (Lipinski definition) is 5. The van der Waals surface area contributed by atoms with Gasteiger partial charge >= 0.3 is 5.97 Å². The Bertz CT molecular complexity index is 1020. The van der Waals surface area contributed by atoms with Crippen molar-refractivity contribution in [3.05, 3.63) is 44.2 Å². The summed E-state index contributed by atoms with van der Waals surface area (Å²) >= 11 is 15.2. The van der Waals surface area contributed by atoms with Crippen LogP contribution < -0.4 is 4.90 Å². The molecule has 3 aromatic rings. The van der Waals surface area contributed by atoms with E-state index in [1.54, 1.807) is 11.0 Å². The van der Waals surface area contributed by atoms with Crippen LogP contribution in [0.2, 0.25) is 10.0 Å². The van der Waals surface area contributed by atoms with Crippen molar-refractivity contribution < 1.29 is 14.7 Å². The molecule has 28 heavy (non-hydrogen) atoms. The van der Waals surface area contributed by atoms with Crippen LogP contribution in [0.25, 0.3) is 10.2 Å². The van der Waals surface area contributed by atoms with Crippen LogP contribution in [0.15, 0.2) is 23.6 Å². The van der Waals surface area contributed by atoms with Gasteiger partial charge in [0.15, 0.2) is 0 Å². The van der Waals surface area contributed by atoms with Crippen LogP contribution in [-0.4, -0.2) is 22.0 Å². The van der Waals surface area contributed by atoms with Gasteiger partial charge in [0.1, 0.15) is 10.5 Å². The SMILES string of the molecule is CCCc1csc(N(Cc2nc3c(Cl)c(Cl)ccc3s2)C(=O)CCC(=O)O)c1. The quantitative estimate of drug-likeness (QED) is 0.449. The molecule has 2 heterocycles. The molecule has 148 valence electrons. The molecule has 0 saturated carbocycles. The number of fused-ring (bicyclic) bond motifs is 1. The summed E-state index contributed by atoms with van der Waals surface area (Å²) in [5.41, 5.74) is 1.78. The zero-order chi connectivity index (χ0) is 20.3. The smallest absolute Gasteiger partial charge is 0.303 e. The topological polar surface area (TPSA) is 70.5 Å². The Morgan fingerprint density at radius 1 is 1.25 bits per heavy atom. The van der Waals surface area contributed by atoms with Crippen molar-refractivity contribution in [2.75, 3.05) is 4.90 Å². The second-order valence-corrected chi connectivity index (χ2v) is 9.02. The number of halogens is 2. The third-order valence-electron chi connectivity index (χ3n) is 4.09. The highest BCUT2D eigenvalue weighted by Gasteiger charge is 2.21. The van der Waals surface area contributed by atoms with Gasteiger partial charge < -0.3 is 5.11 Å². The second-order valence-electron chi connectivity index (χ2n) is 6.23. The lowest BCUT2D eigenvalue weighted by molar-refractivity contribution is -0.138. The number of benzene rings is 1. The molecule has 9 heteroatoms. The van der Waals surface area contributed by atoms with E-state index in [-0.39, 0.29) is 25.3 Å². The molecule has 0 atom stereocenters. The molecule has 1 N–H and O–H groups in total. The number of thiophene rings is 1. The van der Waals surface area contributed by atoms with Crippen LogP contribution in [0.4, 0.5) is 5.00 Å². The number of aromatic nitrogens is 1. The molecule has 0 fully saturated rings. The van der Waals surface area contributed by atoms with Crippen LogP contribution in [0.5, 0.6) is 0 Å². The number of carbonyl (C=O) groups is 2. The van der Waals surface area contributed by atoms with Gasteiger partial charge in [-0.2, -0.15) is 0 Å². The number of thiazole rings is 1. The van der Waals surface area contributed by atoms with Crippen molar-refractivity contribution >= 4 is 73.0 Å². The molecule has 0 unspecified atom stereocenters. The van der Waals surface area contributed by atoms with Gasteiger partial charge in [-0.25, -0.2) is 4.98 Å². The number of anilines is 1. The van der Waals surface area contributed by atoms with Gasteiger partial charge in [-0.1, -0.05) is 36.5 Å². The molecule has 5 nitrogen and oxygen atoms in total. The molecule has 0 aliphatic rings. The number of nitrogens with zero attached hydrogens (tertiary/aromatic N) is 2. The number of carbonyl (C=O) groups excluding carboxylic acids is 1. The Morgan fingerprint density at radius 2 is 2.04 bits per heavy atom. The third kappa shape index (κ3) is 4.84. The van der Waals surface area contributed by atoms with Gasteiger partial charge in [0.2, 0.25) is 5.91 Å². The normalized spacial score (nSPS) is 11.1. The lowest BCUT2D eigenvalue weighted by atomic mass is 10.2. The minimum absolute atomic E-state index is 0.0617. The first-order valence-electron chi connectivity index (χ1n) is 8.72. The standard InChI is InChI=1S/C19H18Cl2N2O3S2/c1-2-3-11-8-16(27-10-11)23(15(24)6-7-17(25)26)9-14-22-19-13(28-14)5-4-12(20)18(19)21/h4-5,8,10H,2-3,6-7,9H2,1H3,(H,25,26). The van der Waals surface area contributed by atoms with E-state index in [1.807, 2.05) is 17.5 Å². The Labute approximate surface area is 180 Å². The molecule has 0 spiro atoms. The summed E-state index contributed by atoms with van der Waals surface area (Å²) in [4.78, 5) is 29.8. The number of aliphatic carboxylic acids is 1. The Morgan fingerprint density at radius 3 is 2.75 bits per heavy atom. The van der Waals surface area contributed by atoms with Crippen LogP contribution in [-0.2, 0) is 22.6 Å². The maximum Gasteiger partial charge on any atom is 0.303 e. The molecule has 0 aliphatic heterocycles. The Balaban J connectivity index is 1.90. The van der Waals surface area contributed by atoms with Crippen molar-refractivity contribution in [3.63, 3.8) is 0 Å². The van der Waals surface area contributed by atoms with Crippen LogP contribution in [0.3, 0.4) is 0 Å². The highest BCUT2D eigenvalue weighted by Crippen LogP contribution is 2.35. The highest BCUT2D eigenvalue weighted by atomic mass is 35.5. The molecule has 2 aromatic heterocycles. The minimum Gasteiger partial charge on any atom is -0.481 e. The number of carboxylic acid groups (broad SMARTS) is 1. The van der Waals surface area contributed by atoms with Gasteiger partial charge in [0.05, 0.1) is 32.7 Å². The third-order valence-corrected chi connectivity index (χ3v) is 6.89. The first-order valence-corrected chi connectivity index (χ1v) is 11.2. The number of rotatable bonds is 8. The number of amides is 1. The summed E-state index contributed by atoms with van der Waals surface area (Å²) in [6.07, 6.45) is 1.68. The molecule has 0 saturated heterocycles. The van der Waals surface area contributed by atoms with Gasteiger partial charge in [0.25, 0.3) is 0 Å². The van der Waals surface area contributed by atoms with Crippen molar-refractivity contribution in [1.82, 2.24) is 4.98 Å². The molecule has 3 rings (SSSR count). The summed E-state index contributed by atoms with van der Waals surface area (Å²) in [5, 5.41) is 13.3. The van der Waals surface area contributed by atoms with Crippen molar-refractivity contribution in [2.24, 2.45) is 0 Å². The van der Waals surface area contributed by atoms with Gasteiger partial charge in [-0.15, -0.1) is 22.7 Å². The van der Waals surface area contributed by atoms with E-state index in [9.17, 15) is 9.59 Å². The van der Waals surface area contributed by atoms with Gasteiger partial charge in [0, 0.05) is 6.42 Å². The zero-order valence-electron chi connectivity index (χ0n) is 15.1. The second kappa shape index (κ2) is 9.22. The predicted molar refractivity (Wildman–Crippen MR) is 116 cm³/mol. The van der Waals surface area contributed by atoms with E-state index in [1.165, 1.54) is 22.7 Å². The lowest BCUT2D eigenvalue weighted by Gasteiger charge is -2.19. The van der Waals surface area contributed by atoms with E-state index in [0.29, 0.717) is 20.6 Å². The monoisotopic (exact) mass is 456 g/mol. The molecule has 1 aromatic carbocycles. The van der Waals surface area contributed by atoms with Gasteiger partial charge in [-0.3, -0.25) is 14.5 Å². The summed E-state index contributed by atoms with van der Waals surface area (Å²) < 4.78 is 0.889. The molecule has 0 radical (unpaired) electrons. The number of carboxylic acids is 1. The largest absolute Gasteiger partial charge is 0.481 e. The maximum absolute atomic E-state index is 12.8. The Hall–Kier alpha value is -1.67. The van der Waals surface area contributed by atoms with E-state index >= 15 is 0 Å². The maximum atomic E-state index is 12.8. The van der Waals surface area contributed by atoms with Crippen LogP contribution >= 0.6 is 45.9 Å². The molecule has 0 aliphatic carbocycles. The number of hydrogen-bond donors (Lipinski definition) is 1. The predicted octanol–water partition coefficient (Wildman–Crippen LogP) is 6.02. The number of aryl methyl sites for hydroxylation is 1. The lowest BCUT2D eigenvalue weighted by Crippen LogP contribution is -2.30.